The Morgan fingerprint density at radius 2 is 1.52 bits per heavy atom. The number of piperidine rings is 2. The Bertz CT molecular complexity index is 939. The van der Waals surface area contributed by atoms with E-state index in [1.807, 2.05) is 6.07 Å². The summed E-state index contributed by atoms with van der Waals surface area (Å²) in [5.41, 5.74) is 2.19. The lowest BCUT2D eigenvalue weighted by atomic mass is 9.68. The van der Waals surface area contributed by atoms with E-state index in [1.54, 1.807) is 0 Å². The maximum atomic E-state index is 11.4. The molecule has 4 heteroatoms. The van der Waals surface area contributed by atoms with Crippen molar-refractivity contribution in [3.63, 3.8) is 0 Å². The van der Waals surface area contributed by atoms with E-state index in [0.717, 1.165) is 28.8 Å². The molecular formula is C27H36N2O2. The van der Waals surface area contributed by atoms with Gasteiger partial charge in [-0.25, -0.2) is 0 Å². The molecule has 4 aliphatic rings. The number of para-hydroxylation sites is 1. The molecule has 0 radical (unpaired) electrons. The van der Waals surface area contributed by atoms with Crippen molar-refractivity contribution in [2.24, 2.45) is 11.8 Å². The van der Waals surface area contributed by atoms with Crippen molar-refractivity contribution in [2.45, 2.75) is 101 Å². The maximum absolute atomic E-state index is 11.4. The van der Waals surface area contributed by atoms with Gasteiger partial charge < -0.3 is 9.67 Å². The number of carboxylic acids is 1. The fourth-order valence-electron chi connectivity index (χ4n) is 8.04. The normalized spacial score (nSPS) is 35.9. The highest BCUT2D eigenvalue weighted by molar-refractivity contribution is 5.87. The molecule has 6 rings (SSSR count). The first-order valence-electron chi connectivity index (χ1n) is 12.7. The Morgan fingerprint density at radius 3 is 2.23 bits per heavy atom. The van der Waals surface area contributed by atoms with Gasteiger partial charge in [0.25, 0.3) is 0 Å². The van der Waals surface area contributed by atoms with Crippen molar-refractivity contribution < 1.29 is 9.90 Å². The van der Waals surface area contributed by atoms with Gasteiger partial charge in [0.05, 0.1) is 6.42 Å². The number of carboxylic acid groups (broad SMARTS) is 1. The summed E-state index contributed by atoms with van der Waals surface area (Å²) in [5, 5.41) is 10.5. The molecule has 0 amide bonds. The molecule has 166 valence electrons. The van der Waals surface area contributed by atoms with Crippen LogP contribution in [0.25, 0.3) is 10.9 Å². The number of rotatable bonds is 4. The van der Waals surface area contributed by atoms with Crippen LogP contribution in [0.15, 0.2) is 30.5 Å². The van der Waals surface area contributed by atoms with Crippen LogP contribution in [-0.4, -0.2) is 38.7 Å². The maximum Gasteiger partial charge on any atom is 0.307 e. The Balaban J connectivity index is 1.28. The van der Waals surface area contributed by atoms with Crippen LogP contribution in [0.5, 0.6) is 0 Å². The van der Waals surface area contributed by atoms with Gasteiger partial charge in [-0.1, -0.05) is 43.9 Å². The van der Waals surface area contributed by atoms with E-state index in [0.29, 0.717) is 18.1 Å². The van der Waals surface area contributed by atoms with Crippen LogP contribution >= 0.6 is 0 Å². The number of hydrogen-bond acceptors (Lipinski definition) is 2. The monoisotopic (exact) mass is 420 g/mol. The molecule has 2 aromatic rings. The molecule has 2 aliphatic carbocycles. The summed E-state index contributed by atoms with van der Waals surface area (Å²) in [6.45, 7) is 0. The van der Waals surface area contributed by atoms with Crippen LogP contribution in [0.4, 0.5) is 0 Å². The number of benzene rings is 1. The number of aliphatic carboxylic acids is 1. The standard InChI is InChI=1S/C27H36N2O2/c30-27(31)14-20-17-28(26-10-2-1-9-25(20)26)23-15-21-7-4-8-22(16-23)29(21)24-12-18-5-3-6-19(11-18)13-24/h1-2,9-10,17-19,21-24H,3-8,11-16H2,(H,30,31)/t18-,19+,21-,22+,23?,24?. The summed E-state index contributed by atoms with van der Waals surface area (Å²) in [5.74, 6) is 1.24. The van der Waals surface area contributed by atoms with Crippen LogP contribution in [-0.2, 0) is 11.2 Å². The van der Waals surface area contributed by atoms with E-state index in [2.05, 4.69) is 33.9 Å². The zero-order valence-electron chi connectivity index (χ0n) is 18.6. The minimum absolute atomic E-state index is 0.115. The van der Waals surface area contributed by atoms with Crippen LogP contribution < -0.4 is 0 Å². The van der Waals surface area contributed by atoms with Crippen molar-refractivity contribution in [1.29, 1.82) is 0 Å². The van der Waals surface area contributed by atoms with Gasteiger partial charge in [0.15, 0.2) is 0 Å². The van der Waals surface area contributed by atoms with Crippen LogP contribution in [0.3, 0.4) is 0 Å². The van der Waals surface area contributed by atoms with Gasteiger partial charge in [-0.2, -0.15) is 0 Å². The van der Waals surface area contributed by atoms with Crippen molar-refractivity contribution in [3.8, 4) is 0 Å². The van der Waals surface area contributed by atoms with E-state index in [1.165, 1.54) is 76.1 Å². The third-order valence-electron chi connectivity index (χ3n) is 9.09. The van der Waals surface area contributed by atoms with E-state index in [4.69, 9.17) is 0 Å². The Labute approximate surface area is 185 Å². The van der Waals surface area contributed by atoms with Crippen molar-refractivity contribution >= 4 is 16.9 Å². The van der Waals surface area contributed by atoms with E-state index >= 15 is 0 Å². The second-order valence-corrected chi connectivity index (χ2v) is 11.0. The summed E-state index contributed by atoms with van der Waals surface area (Å²) in [7, 11) is 0. The topological polar surface area (TPSA) is 45.5 Å². The number of nitrogens with zero attached hydrogens (tertiary/aromatic N) is 2. The van der Waals surface area contributed by atoms with E-state index in [9.17, 15) is 9.90 Å². The van der Waals surface area contributed by atoms with Gasteiger partial charge >= 0.3 is 5.97 Å². The van der Waals surface area contributed by atoms with Crippen molar-refractivity contribution in [3.05, 3.63) is 36.0 Å². The largest absolute Gasteiger partial charge is 0.481 e. The minimum Gasteiger partial charge on any atom is -0.481 e. The third kappa shape index (κ3) is 3.61. The average Bonchev–Trinajstić information content (AvgIpc) is 3.10. The van der Waals surface area contributed by atoms with Crippen molar-refractivity contribution in [2.75, 3.05) is 0 Å². The number of aromatic nitrogens is 1. The average molecular weight is 421 g/mol. The molecule has 1 aromatic heterocycles. The van der Waals surface area contributed by atoms with Gasteiger partial charge in [-0.05, 0) is 68.4 Å². The lowest BCUT2D eigenvalue weighted by Crippen LogP contribution is -2.58. The fraction of sp³-hybridized carbons (Fsp3) is 0.667. The summed E-state index contributed by atoms with van der Waals surface area (Å²) in [6, 6.07) is 11.2. The second kappa shape index (κ2) is 7.95. The molecule has 4 nitrogen and oxygen atoms in total. The van der Waals surface area contributed by atoms with Crippen LogP contribution in [0.2, 0.25) is 0 Å². The molecule has 6 atom stereocenters. The number of hydrogen-bond donors (Lipinski definition) is 1. The Kier molecular flexibility index (Phi) is 5.09. The minimum atomic E-state index is -0.738. The van der Waals surface area contributed by atoms with Crippen LogP contribution in [0, 0.1) is 11.8 Å². The first-order chi connectivity index (χ1) is 15.2. The molecule has 4 fully saturated rings. The van der Waals surface area contributed by atoms with E-state index in [-0.39, 0.29) is 6.42 Å². The summed E-state index contributed by atoms with van der Waals surface area (Å²) in [6.07, 6.45) is 17.6. The van der Waals surface area contributed by atoms with Gasteiger partial charge in [0.1, 0.15) is 0 Å². The lowest BCUT2D eigenvalue weighted by Gasteiger charge is -2.55. The molecule has 31 heavy (non-hydrogen) atoms. The number of carbonyl (C=O) groups is 1. The predicted octanol–water partition coefficient (Wildman–Crippen LogP) is 5.80. The molecular weight excluding hydrogens is 384 g/mol. The van der Waals surface area contributed by atoms with Crippen molar-refractivity contribution in [1.82, 2.24) is 9.47 Å². The summed E-state index contributed by atoms with van der Waals surface area (Å²) >= 11 is 0. The highest BCUT2D eigenvalue weighted by atomic mass is 16.4. The lowest BCUT2D eigenvalue weighted by molar-refractivity contribution is -0.136. The zero-order chi connectivity index (χ0) is 20.9. The van der Waals surface area contributed by atoms with Gasteiger partial charge in [-0.15, -0.1) is 0 Å². The molecule has 2 unspecified atom stereocenters. The predicted molar refractivity (Wildman–Crippen MR) is 123 cm³/mol. The summed E-state index contributed by atoms with van der Waals surface area (Å²) < 4.78 is 2.45. The smallest absolute Gasteiger partial charge is 0.307 e. The van der Waals surface area contributed by atoms with Gasteiger partial charge in [0, 0.05) is 41.3 Å². The molecule has 1 aromatic carbocycles. The van der Waals surface area contributed by atoms with E-state index < -0.39 is 5.97 Å². The van der Waals surface area contributed by atoms with Gasteiger partial charge in [0.2, 0.25) is 0 Å². The van der Waals surface area contributed by atoms with Gasteiger partial charge in [-0.3, -0.25) is 9.69 Å². The Hall–Kier alpha value is -1.81. The second-order valence-electron chi connectivity index (χ2n) is 11.0. The molecule has 0 spiro atoms. The molecule has 2 saturated heterocycles. The molecule has 4 bridgehead atoms. The third-order valence-corrected chi connectivity index (χ3v) is 9.09. The summed E-state index contributed by atoms with van der Waals surface area (Å²) in [4.78, 5) is 14.5. The molecule has 1 N–H and O–H groups in total. The van der Waals surface area contributed by atoms with Crippen LogP contribution in [0.1, 0.15) is 82.2 Å². The highest BCUT2D eigenvalue weighted by Crippen LogP contribution is 2.48. The zero-order valence-corrected chi connectivity index (χ0v) is 18.6. The quantitative estimate of drug-likeness (QED) is 0.680. The molecule has 3 heterocycles. The SMILES string of the molecule is O=C(O)Cc1cn(C2C[C@H]3CCC[C@@H](C2)N3C2C[C@H]3CCC[C@@H](C2)C3)c2ccccc12. The first-order valence-corrected chi connectivity index (χ1v) is 12.7. The molecule has 2 aliphatic heterocycles. The Morgan fingerprint density at radius 1 is 0.839 bits per heavy atom. The molecule has 2 saturated carbocycles. The number of fused-ring (bicyclic) bond motifs is 5. The first kappa shape index (κ1) is 19.8. The highest BCUT2D eigenvalue weighted by Gasteiger charge is 2.45. The fourth-order valence-corrected chi connectivity index (χ4v) is 8.04.